The van der Waals surface area contributed by atoms with Gasteiger partial charge in [0.15, 0.2) is 28.8 Å². The molecule has 1 aliphatic carbocycles. The Balaban J connectivity index is 2.58. The highest BCUT2D eigenvalue weighted by Gasteiger charge is 2.36. The first-order chi connectivity index (χ1) is 14.9. The van der Waals surface area contributed by atoms with E-state index < -0.39 is 0 Å². The Hall–Kier alpha value is -3.09. The molecule has 0 radical (unpaired) electrons. The number of fused-ring (bicyclic) bond motifs is 3. The van der Waals surface area contributed by atoms with E-state index in [-0.39, 0.29) is 17.6 Å². The van der Waals surface area contributed by atoms with Crippen LogP contribution in [0.5, 0.6) is 34.5 Å². The van der Waals surface area contributed by atoms with Gasteiger partial charge < -0.3 is 28.4 Å². The summed E-state index contributed by atoms with van der Waals surface area (Å²) in [5, 5.41) is 0. The van der Waals surface area contributed by atoms with Crippen molar-refractivity contribution in [1.29, 1.82) is 0 Å². The van der Waals surface area contributed by atoms with Crippen molar-refractivity contribution in [3.8, 4) is 45.6 Å². The van der Waals surface area contributed by atoms with E-state index in [1.165, 1.54) is 14.2 Å². The molecule has 2 aromatic rings. The van der Waals surface area contributed by atoms with Crippen LogP contribution in [0, 0.1) is 11.8 Å². The standard InChI is InChI=1S/C24H30O7/c1-12-9-14-10-16(26-3)21(28-5)23(30-7)18(14)19-15(20(25)13(12)2)11-17(27-4)22(29-6)24(19)31-8/h10-13H,9H2,1-8H3/t12-,13+/m1/s1. The van der Waals surface area contributed by atoms with Crippen LogP contribution < -0.4 is 28.4 Å². The third-order valence-corrected chi connectivity index (χ3v) is 6.07. The molecule has 3 rings (SSSR count). The first-order valence-corrected chi connectivity index (χ1v) is 10.1. The third kappa shape index (κ3) is 3.52. The van der Waals surface area contributed by atoms with Gasteiger partial charge >= 0.3 is 0 Å². The van der Waals surface area contributed by atoms with Crippen LogP contribution in [0.15, 0.2) is 12.1 Å². The number of benzene rings is 2. The van der Waals surface area contributed by atoms with E-state index in [0.717, 1.165) is 11.1 Å². The number of rotatable bonds is 6. The SMILES string of the molecule is COc1cc2c(c(OC)c1OC)-c1c(cc(OC)c(OC)c1OC)C(=O)[C@@H](C)[C@H](C)C2. The van der Waals surface area contributed by atoms with E-state index in [0.29, 0.717) is 52.0 Å². The van der Waals surface area contributed by atoms with Gasteiger partial charge in [-0.15, -0.1) is 0 Å². The van der Waals surface area contributed by atoms with Gasteiger partial charge in [-0.2, -0.15) is 0 Å². The summed E-state index contributed by atoms with van der Waals surface area (Å²) in [4.78, 5) is 13.6. The Morgan fingerprint density at radius 2 is 1.16 bits per heavy atom. The first kappa shape index (κ1) is 22.6. The average Bonchev–Trinajstić information content (AvgIpc) is 2.79. The second-order valence-corrected chi connectivity index (χ2v) is 7.58. The minimum absolute atomic E-state index is 0.00393. The highest BCUT2D eigenvalue weighted by Crippen LogP contribution is 2.55. The number of methoxy groups -OCH3 is 6. The van der Waals surface area contributed by atoms with Gasteiger partial charge in [-0.25, -0.2) is 0 Å². The van der Waals surface area contributed by atoms with E-state index in [9.17, 15) is 4.79 Å². The van der Waals surface area contributed by atoms with E-state index >= 15 is 0 Å². The molecule has 1 aliphatic rings. The monoisotopic (exact) mass is 430 g/mol. The van der Waals surface area contributed by atoms with Gasteiger partial charge in [-0.3, -0.25) is 4.79 Å². The molecule has 168 valence electrons. The summed E-state index contributed by atoms with van der Waals surface area (Å²) in [5.74, 6) is 2.58. The number of hydrogen-bond acceptors (Lipinski definition) is 7. The predicted molar refractivity (Wildman–Crippen MR) is 118 cm³/mol. The summed E-state index contributed by atoms with van der Waals surface area (Å²) in [7, 11) is 9.32. The minimum atomic E-state index is -0.214. The second-order valence-electron chi connectivity index (χ2n) is 7.58. The quantitative estimate of drug-likeness (QED) is 0.672. The molecule has 7 heteroatoms. The maximum absolute atomic E-state index is 13.6. The van der Waals surface area contributed by atoms with Crippen LogP contribution in [0.1, 0.15) is 29.8 Å². The van der Waals surface area contributed by atoms with Crippen LogP contribution in [0.4, 0.5) is 0 Å². The molecule has 0 aliphatic heterocycles. The molecule has 0 heterocycles. The molecule has 0 aromatic heterocycles. The van der Waals surface area contributed by atoms with Crippen molar-refractivity contribution in [2.45, 2.75) is 20.3 Å². The molecular formula is C24H30O7. The van der Waals surface area contributed by atoms with Gasteiger partial charge in [0.25, 0.3) is 0 Å². The van der Waals surface area contributed by atoms with Crippen molar-refractivity contribution in [3.05, 3.63) is 23.3 Å². The molecule has 2 atom stereocenters. The number of ketones is 1. The van der Waals surface area contributed by atoms with Crippen molar-refractivity contribution >= 4 is 5.78 Å². The van der Waals surface area contributed by atoms with E-state index in [2.05, 4.69) is 6.92 Å². The van der Waals surface area contributed by atoms with E-state index in [4.69, 9.17) is 28.4 Å². The zero-order valence-electron chi connectivity index (χ0n) is 19.4. The molecular weight excluding hydrogens is 400 g/mol. The fraction of sp³-hybridized carbons (Fsp3) is 0.458. The van der Waals surface area contributed by atoms with Gasteiger partial charge in [-0.1, -0.05) is 13.8 Å². The van der Waals surface area contributed by atoms with Gasteiger partial charge in [-0.05, 0) is 30.0 Å². The summed E-state index contributed by atoms with van der Waals surface area (Å²) >= 11 is 0. The average molecular weight is 430 g/mol. The molecule has 0 fully saturated rings. The van der Waals surface area contributed by atoms with Crippen LogP contribution in [0.3, 0.4) is 0 Å². The maximum Gasteiger partial charge on any atom is 0.203 e. The van der Waals surface area contributed by atoms with Gasteiger partial charge in [0, 0.05) is 22.6 Å². The number of Topliss-reactive ketones (excluding diaryl/α,β-unsaturated/α-hetero) is 1. The van der Waals surface area contributed by atoms with Crippen molar-refractivity contribution in [1.82, 2.24) is 0 Å². The van der Waals surface area contributed by atoms with Crippen molar-refractivity contribution in [2.75, 3.05) is 42.7 Å². The maximum atomic E-state index is 13.6. The van der Waals surface area contributed by atoms with Crippen molar-refractivity contribution in [3.63, 3.8) is 0 Å². The smallest absolute Gasteiger partial charge is 0.203 e. The number of hydrogen-bond donors (Lipinski definition) is 0. The minimum Gasteiger partial charge on any atom is -0.493 e. The zero-order chi connectivity index (χ0) is 22.9. The van der Waals surface area contributed by atoms with Crippen LogP contribution >= 0.6 is 0 Å². The summed E-state index contributed by atoms with van der Waals surface area (Å²) in [5.41, 5.74) is 2.77. The lowest BCUT2D eigenvalue weighted by molar-refractivity contribution is 0.0892. The van der Waals surface area contributed by atoms with Crippen molar-refractivity contribution in [2.24, 2.45) is 11.8 Å². The Labute approximate surface area is 183 Å². The molecule has 0 spiro atoms. The predicted octanol–water partition coefficient (Wildman–Crippen LogP) is 4.42. The summed E-state index contributed by atoms with van der Waals surface area (Å²) in [6.07, 6.45) is 0.649. The Bertz CT molecular complexity index is 996. The molecule has 0 unspecified atom stereocenters. The highest BCUT2D eigenvalue weighted by molar-refractivity contribution is 6.08. The largest absolute Gasteiger partial charge is 0.493 e. The third-order valence-electron chi connectivity index (χ3n) is 6.07. The lowest BCUT2D eigenvalue weighted by Gasteiger charge is -2.30. The molecule has 0 saturated heterocycles. The van der Waals surface area contributed by atoms with Crippen LogP contribution in [-0.2, 0) is 6.42 Å². The molecule has 7 nitrogen and oxygen atoms in total. The lowest BCUT2D eigenvalue weighted by Crippen LogP contribution is -2.24. The molecule has 0 amide bonds. The Kier molecular flexibility index (Phi) is 6.53. The van der Waals surface area contributed by atoms with E-state index in [1.54, 1.807) is 34.5 Å². The van der Waals surface area contributed by atoms with Gasteiger partial charge in [0.05, 0.1) is 42.7 Å². The lowest BCUT2D eigenvalue weighted by atomic mass is 9.77. The fourth-order valence-corrected chi connectivity index (χ4v) is 4.27. The molecule has 0 bridgehead atoms. The molecule has 2 aromatic carbocycles. The Morgan fingerprint density at radius 1 is 0.677 bits per heavy atom. The Morgan fingerprint density at radius 3 is 1.65 bits per heavy atom. The molecule has 0 N–H and O–H groups in total. The molecule has 0 saturated carbocycles. The van der Waals surface area contributed by atoms with Crippen molar-refractivity contribution < 1.29 is 33.2 Å². The summed E-state index contributed by atoms with van der Waals surface area (Å²) in [6.45, 7) is 4.02. The zero-order valence-corrected chi connectivity index (χ0v) is 19.4. The topological polar surface area (TPSA) is 72.5 Å². The number of carbonyl (C=O) groups is 1. The van der Waals surface area contributed by atoms with E-state index in [1.807, 2.05) is 13.0 Å². The highest BCUT2D eigenvalue weighted by atomic mass is 16.5. The van der Waals surface area contributed by atoms with Crippen LogP contribution in [0.25, 0.3) is 11.1 Å². The number of ether oxygens (including phenoxy) is 6. The normalized spacial score (nSPS) is 17.6. The molecule has 31 heavy (non-hydrogen) atoms. The summed E-state index contributed by atoms with van der Waals surface area (Å²) < 4.78 is 33.9. The number of carbonyl (C=O) groups excluding carboxylic acids is 1. The van der Waals surface area contributed by atoms with Crippen LogP contribution in [0.2, 0.25) is 0 Å². The first-order valence-electron chi connectivity index (χ1n) is 10.1. The van der Waals surface area contributed by atoms with Gasteiger partial charge in [0.2, 0.25) is 11.5 Å². The van der Waals surface area contributed by atoms with Gasteiger partial charge in [0.1, 0.15) is 0 Å². The fourth-order valence-electron chi connectivity index (χ4n) is 4.27. The van der Waals surface area contributed by atoms with Crippen LogP contribution in [-0.4, -0.2) is 48.4 Å². The second kappa shape index (κ2) is 8.96. The summed E-state index contributed by atoms with van der Waals surface area (Å²) in [6, 6.07) is 3.66.